The van der Waals surface area contributed by atoms with Crippen LogP contribution in [0.2, 0.25) is 0 Å². The van der Waals surface area contributed by atoms with Crippen molar-refractivity contribution in [2.24, 2.45) is 4.99 Å². The van der Waals surface area contributed by atoms with Gasteiger partial charge in [0.15, 0.2) is 5.82 Å². The lowest BCUT2D eigenvalue weighted by Gasteiger charge is -2.03. The van der Waals surface area contributed by atoms with E-state index in [4.69, 9.17) is 5.73 Å². The molecular formula is C18H16N4O. The zero-order valence-electron chi connectivity index (χ0n) is 12.7. The van der Waals surface area contributed by atoms with Gasteiger partial charge in [-0.1, -0.05) is 54.1 Å². The standard InChI is InChI=1S/C18H16N4O/c1-12-2-6-14(7-3-12)15-8-4-13(5-9-15)11-20-16-10-17(23)22-18(19)21-16/h2-11H,1H3,(H3,19,21,22,23). The summed E-state index contributed by atoms with van der Waals surface area (Å²) in [6.07, 6.45) is 1.65. The van der Waals surface area contributed by atoms with Gasteiger partial charge in [-0.15, -0.1) is 0 Å². The fourth-order valence-corrected chi connectivity index (χ4v) is 2.18. The molecule has 0 atom stereocenters. The summed E-state index contributed by atoms with van der Waals surface area (Å²) in [5.74, 6) is 0.341. The summed E-state index contributed by atoms with van der Waals surface area (Å²) in [6, 6.07) is 17.7. The third kappa shape index (κ3) is 3.71. The Hall–Kier alpha value is -3.21. The zero-order chi connectivity index (χ0) is 16.2. The van der Waals surface area contributed by atoms with Crippen molar-refractivity contribution in [1.82, 2.24) is 9.97 Å². The van der Waals surface area contributed by atoms with Crippen LogP contribution in [0, 0.1) is 6.92 Å². The number of benzene rings is 2. The number of aromatic amines is 1. The normalized spacial score (nSPS) is 11.0. The van der Waals surface area contributed by atoms with Gasteiger partial charge < -0.3 is 5.73 Å². The van der Waals surface area contributed by atoms with Crippen LogP contribution in [0.4, 0.5) is 11.8 Å². The monoisotopic (exact) mass is 304 g/mol. The lowest BCUT2D eigenvalue weighted by atomic mass is 10.0. The molecule has 0 spiro atoms. The van der Waals surface area contributed by atoms with Crippen LogP contribution in [0.3, 0.4) is 0 Å². The van der Waals surface area contributed by atoms with Crippen molar-refractivity contribution in [2.45, 2.75) is 6.92 Å². The Morgan fingerprint density at radius 3 is 2.26 bits per heavy atom. The van der Waals surface area contributed by atoms with E-state index in [1.165, 1.54) is 17.2 Å². The first kappa shape index (κ1) is 14.7. The number of hydrogen-bond donors (Lipinski definition) is 2. The number of aryl methyl sites for hydroxylation is 1. The third-order valence-electron chi connectivity index (χ3n) is 3.39. The van der Waals surface area contributed by atoms with Gasteiger partial charge in [0.2, 0.25) is 5.95 Å². The topological polar surface area (TPSA) is 84.1 Å². The van der Waals surface area contributed by atoms with Crippen molar-refractivity contribution in [3.8, 4) is 11.1 Å². The molecule has 0 aliphatic carbocycles. The highest BCUT2D eigenvalue weighted by molar-refractivity contribution is 5.82. The number of nitrogen functional groups attached to an aromatic ring is 1. The van der Waals surface area contributed by atoms with E-state index in [0.29, 0.717) is 0 Å². The van der Waals surface area contributed by atoms with Gasteiger partial charge in [-0.2, -0.15) is 4.98 Å². The highest BCUT2D eigenvalue weighted by atomic mass is 16.1. The quantitative estimate of drug-likeness (QED) is 0.729. The molecule has 1 aromatic heterocycles. The van der Waals surface area contributed by atoms with Crippen LogP contribution in [0.15, 0.2) is 64.4 Å². The maximum Gasteiger partial charge on any atom is 0.254 e. The molecule has 2 aromatic carbocycles. The molecule has 1 heterocycles. The summed E-state index contributed by atoms with van der Waals surface area (Å²) in [4.78, 5) is 21.8. The van der Waals surface area contributed by atoms with Crippen molar-refractivity contribution in [3.05, 3.63) is 76.1 Å². The molecule has 0 amide bonds. The molecule has 0 fully saturated rings. The second-order valence-corrected chi connectivity index (χ2v) is 5.24. The van der Waals surface area contributed by atoms with Crippen molar-refractivity contribution >= 4 is 18.0 Å². The van der Waals surface area contributed by atoms with Gasteiger partial charge in [-0.25, -0.2) is 4.99 Å². The van der Waals surface area contributed by atoms with Crippen LogP contribution >= 0.6 is 0 Å². The van der Waals surface area contributed by atoms with Crippen molar-refractivity contribution in [2.75, 3.05) is 5.73 Å². The number of rotatable bonds is 3. The number of aromatic nitrogens is 2. The maximum atomic E-state index is 11.3. The van der Waals surface area contributed by atoms with E-state index in [0.717, 1.165) is 11.1 Å². The first-order valence-electron chi connectivity index (χ1n) is 7.18. The van der Waals surface area contributed by atoms with Gasteiger partial charge >= 0.3 is 0 Å². The van der Waals surface area contributed by atoms with E-state index in [2.05, 4.69) is 46.1 Å². The average Bonchev–Trinajstić information content (AvgIpc) is 2.53. The van der Waals surface area contributed by atoms with E-state index in [1.807, 2.05) is 24.3 Å². The number of H-pyrrole nitrogens is 1. The van der Waals surface area contributed by atoms with Crippen LogP contribution in [0.5, 0.6) is 0 Å². The number of hydrogen-bond acceptors (Lipinski definition) is 4. The number of nitrogens with two attached hydrogens (primary N) is 1. The summed E-state index contributed by atoms with van der Waals surface area (Å²) >= 11 is 0. The van der Waals surface area contributed by atoms with Gasteiger partial charge in [0.1, 0.15) is 0 Å². The van der Waals surface area contributed by atoms with E-state index in [1.54, 1.807) is 6.21 Å². The van der Waals surface area contributed by atoms with Gasteiger partial charge in [-0.3, -0.25) is 9.78 Å². The molecule has 0 saturated heterocycles. The summed E-state index contributed by atoms with van der Waals surface area (Å²) in [6.45, 7) is 2.07. The van der Waals surface area contributed by atoms with Crippen LogP contribution < -0.4 is 11.3 Å². The SMILES string of the molecule is Cc1ccc(-c2ccc(C=Nc3cc(=O)[nH]c(N)n3)cc2)cc1. The molecule has 3 aromatic rings. The lowest BCUT2D eigenvalue weighted by molar-refractivity contribution is 1.13. The van der Waals surface area contributed by atoms with Gasteiger partial charge in [-0.05, 0) is 23.6 Å². The number of nitrogens with one attached hydrogen (secondary N) is 1. The zero-order valence-corrected chi connectivity index (χ0v) is 12.7. The molecule has 0 radical (unpaired) electrons. The minimum absolute atomic E-state index is 0.0550. The summed E-state index contributed by atoms with van der Waals surface area (Å²) in [7, 11) is 0. The van der Waals surface area contributed by atoms with E-state index < -0.39 is 0 Å². The van der Waals surface area contributed by atoms with E-state index >= 15 is 0 Å². The molecule has 0 saturated carbocycles. The second-order valence-electron chi connectivity index (χ2n) is 5.24. The maximum absolute atomic E-state index is 11.3. The molecule has 5 heteroatoms. The van der Waals surface area contributed by atoms with Gasteiger partial charge in [0.05, 0.1) is 0 Å². The first-order chi connectivity index (χ1) is 11.1. The first-order valence-corrected chi connectivity index (χ1v) is 7.18. The Morgan fingerprint density at radius 2 is 1.65 bits per heavy atom. The molecule has 114 valence electrons. The molecule has 0 aliphatic heterocycles. The van der Waals surface area contributed by atoms with Crippen molar-refractivity contribution < 1.29 is 0 Å². The summed E-state index contributed by atoms with van der Waals surface area (Å²) in [5, 5.41) is 0. The smallest absolute Gasteiger partial charge is 0.254 e. The van der Waals surface area contributed by atoms with Crippen LogP contribution in [0.1, 0.15) is 11.1 Å². The average molecular weight is 304 g/mol. The minimum atomic E-state index is -0.320. The second kappa shape index (κ2) is 6.27. The van der Waals surface area contributed by atoms with Crippen molar-refractivity contribution in [3.63, 3.8) is 0 Å². The largest absolute Gasteiger partial charge is 0.369 e. The number of aliphatic imine (C=N–C) groups is 1. The molecular weight excluding hydrogens is 288 g/mol. The molecule has 0 unspecified atom stereocenters. The Balaban J connectivity index is 1.80. The molecule has 0 bridgehead atoms. The third-order valence-corrected chi connectivity index (χ3v) is 3.39. The summed E-state index contributed by atoms with van der Waals surface area (Å²) in [5.41, 5.74) is 9.63. The number of anilines is 1. The number of nitrogens with zero attached hydrogens (tertiary/aromatic N) is 2. The van der Waals surface area contributed by atoms with Gasteiger partial charge in [0.25, 0.3) is 5.56 Å². The predicted molar refractivity (Wildman–Crippen MR) is 93.1 cm³/mol. The highest BCUT2D eigenvalue weighted by Gasteiger charge is 1.98. The van der Waals surface area contributed by atoms with E-state index in [9.17, 15) is 4.79 Å². The Kier molecular flexibility index (Phi) is 4.01. The minimum Gasteiger partial charge on any atom is -0.369 e. The van der Waals surface area contributed by atoms with E-state index in [-0.39, 0.29) is 17.3 Å². The Labute approximate surface area is 133 Å². The molecule has 23 heavy (non-hydrogen) atoms. The fourth-order valence-electron chi connectivity index (χ4n) is 2.18. The summed E-state index contributed by atoms with van der Waals surface area (Å²) < 4.78 is 0. The van der Waals surface area contributed by atoms with Crippen LogP contribution in [-0.4, -0.2) is 16.2 Å². The fraction of sp³-hybridized carbons (Fsp3) is 0.0556. The van der Waals surface area contributed by atoms with Crippen LogP contribution in [0.25, 0.3) is 11.1 Å². The molecule has 3 N–H and O–H groups in total. The molecule has 3 rings (SSSR count). The van der Waals surface area contributed by atoms with Gasteiger partial charge in [0, 0.05) is 12.3 Å². The predicted octanol–water partition coefficient (Wildman–Crippen LogP) is 3.08. The van der Waals surface area contributed by atoms with Crippen LogP contribution in [-0.2, 0) is 0 Å². The lowest BCUT2D eigenvalue weighted by Crippen LogP contribution is -2.08. The Bertz CT molecular complexity index is 894. The Morgan fingerprint density at radius 1 is 1.04 bits per heavy atom. The molecule has 0 aliphatic rings. The molecule has 5 nitrogen and oxygen atoms in total. The highest BCUT2D eigenvalue weighted by Crippen LogP contribution is 2.20. The van der Waals surface area contributed by atoms with Crippen molar-refractivity contribution in [1.29, 1.82) is 0 Å².